The molecule has 4 nitrogen and oxygen atoms in total. The van der Waals surface area contributed by atoms with Crippen LogP contribution in [-0.2, 0) is 13.0 Å². The van der Waals surface area contributed by atoms with Gasteiger partial charge in [-0.1, -0.05) is 29.8 Å². The van der Waals surface area contributed by atoms with E-state index >= 15 is 0 Å². The molecule has 0 spiro atoms. The SMILES string of the molecule is Cc1cc(C(=O)NCCc2cccc(Cl)c2)c(C)n1Cc1ccccn1. The number of aryl methyl sites for hydroxylation is 1. The Morgan fingerprint density at radius 1 is 1.15 bits per heavy atom. The number of halogens is 1. The van der Waals surface area contributed by atoms with Crippen LogP contribution < -0.4 is 5.32 Å². The molecule has 0 atom stereocenters. The summed E-state index contributed by atoms with van der Waals surface area (Å²) in [6.45, 7) is 5.22. The van der Waals surface area contributed by atoms with E-state index in [1.807, 2.05) is 62.4 Å². The van der Waals surface area contributed by atoms with Gasteiger partial charge < -0.3 is 9.88 Å². The Balaban J connectivity index is 1.65. The molecule has 2 aromatic heterocycles. The van der Waals surface area contributed by atoms with E-state index in [0.29, 0.717) is 23.7 Å². The van der Waals surface area contributed by atoms with Crippen molar-refractivity contribution < 1.29 is 4.79 Å². The van der Waals surface area contributed by atoms with Gasteiger partial charge in [0, 0.05) is 29.2 Å². The predicted molar refractivity (Wildman–Crippen MR) is 105 cm³/mol. The van der Waals surface area contributed by atoms with Crippen molar-refractivity contribution in [1.82, 2.24) is 14.9 Å². The van der Waals surface area contributed by atoms with Crippen LogP contribution in [0.3, 0.4) is 0 Å². The lowest BCUT2D eigenvalue weighted by Gasteiger charge is -2.10. The lowest BCUT2D eigenvalue weighted by Crippen LogP contribution is -2.26. The van der Waals surface area contributed by atoms with E-state index in [9.17, 15) is 4.79 Å². The fraction of sp³-hybridized carbons (Fsp3) is 0.238. The van der Waals surface area contributed by atoms with Crippen LogP contribution in [0.25, 0.3) is 0 Å². The molecular weight excluding hydrogens is 346 g/mol. The van der Waals surface area contributed by atoms with Gasteiger partial charge in [0.2, 0.25) is 0 Å². The molecule has 3 aromatic rings. The van der Waals surface area contributed by atoms with Gasteiger partial charge in [-0.05, 0) is 56.2 Å². The molecule has 1 amide bonds. The van der Waals surface area contributed by atoms with Crippen molar-refractivity contribution in [3.05, 3.63) is 88.0 Å². The summed E-state index contributed by atoms with van der Waals surface area (Å²) in [6.07, 6.45) is 2.53. The Hall–Kier alpha value is -2.59. The standard InChI is InChI=1S/C21H22ClN3O/c1-15-12-20(16(2)25(15)14-19-8-3-4-10-23-19)21(26)24-11-9-17-6-5-7-18(22)13-17/h3-8,10,12-13H,9,11,14H2,1-2H3,(H,24,26). The van der Waals surface area contributed by atoms with Crippen LogP contribution in [0.4, 0.5) is 0 Å². The Kier molecular flexibility index (Phi) is 5.74. The first-order chi connectivity index (χ1) is 12.5. The predicted octanol–water partition coefficient (Wildman–Crippen LogP) is 4.17. The molecule has 0 unspecified atom stereocenters. The fourth-order valence-corrected chi connectivity index (χ4v) is 3.25. The van der Waals surface area contributed by atoms with Crippen molar-refractivity contribution in [2.75, 3.05) is 6.54 Å². The second-order valence-corrected chi connectivity index (χ2v) is 6.76. The molecular formula is C21H22ClN3O. The highest BCUT2D eigenvalue weighted by Crippen LogP contribution is 2.17. The van der Waals surface area contributed by atoms with Crippen LogP contribution >= 0.6 is 11.6 Å². The summed E-state index contributed by atoms with van der Waals surface area (Å²) >= 11 is 5.99. The Bertz CT molecular complexity index is 903. The van der Waals surface area contributed by atoms with E-state index < -0.39 is 0 Å². The number of nitrogens with zero attached hydrogens (tertiary/aromatic N) is 2. The van der Waals surface area contributed by atoms with E-state index in [-0.39, 0.29) is 5.91 Å². The number of benzene rings is 1. The molecule has 134 valence electrons. The molecule has 1 aromatic carbocycles. The van der Waals surface area contributed by atoms with Crippen molar-refractivity contribution >= 4 is 17.5 Å². The average molecular weight is 368 g/mol. The van der Waals surface area contributed by atoms with Gasteiger partial charge >= 0.3 is 0 Å². The van der Waals surface area contributed by atoms with Gasteiger partial charge in [-0.2, -0.15) is 0 Å². The van der Waals surface area contributed by atoms with Crippen molar-refractivity contribution in [3.8, 4) is 0 Å². The average Bonchev–Trinajstić information content (AvgIpc) is 2.91. The number of hydrogen-bond acceptors (Lipinski definition) is 2. The van der Waals surface area contributed by atoms with E-state index in [0.717, 1.165) is 29.1 Å². The first-order valence-corrected chi connectivity index (χ1v) is 9.01. The highest BCUT2D eigenvalue weighted by molar-refractivity contribution is 6.30. The largest absolute Gasteiger partial charge is 0.352 e. The summed E-state index contributed by atoms with van der Waals surface area (Å²) in [5.41, 5.74) is 4.80. The summed E-state index contributed by atoms with van der Waals surface area (Å²) in [4.78, 5) is 16.9. The molecule has 0 aliphatic rings. The molecule has 0 aliphatic carbocycles. The number of nitrogens with one attached hydrogen (secondary N) is 1. The Labute approximate surface area is 158 Å². The first-order valence-electron chi connectivity index (χ1n) is 8.64. The minimum atomic E-state index is -0.0487. The third-order valence-corrected chi connectivity index (χ3v) is 4.69. The highest BCUT2D eigenvalue weighted by atomic mass is 35.5. The van der Waals surface area contributed by atoms with E-state index in [1.165, 1.54) is 0 Å². The normalized spacial score (nSPS) is 10.7. The topological polar surface area (TPSA) is 46.9 Å². The van der Waals surface area contributed by atoms with Gasteiger partial charge in [0.25, 0.3) is 5.91 Å². The molecule has 2 heterocycles. The Morgan fingerprint density at radius 3 is 2.73 bits per heavy atom. The minimum Gasteiger partial charge on any atom is -0.352 e. The molecule has 0 aliphatic heterocycles. The van der Waals surface area contributed by atoms with Gasteiger partial charge in [0.05, 0.1) is 17.8 Å². The molecule has 1 N–H and O–H groups in total. The highest BCUT2D eigenvalue weighted by Gasteiger charge is 2.15. The fourth-order valence-electron chi connectivity index (χ4n) is 3.04. The maximum Gasteiger partial charge on any atom is 0.253 e. The molecule has 0 saturated carbocycles. The molecule has 0 saturated heterocycles. The second-order valence-electron chi connectivity index (χ2n) is 6.33. The van der Waals surface area contributed by atoms with Crippen molar-refractivity contribution in [2.24, 2.45) is 0 Å². The first kappa shape index (κ1) is 18.2. The number of pyridine rings is 1. The number of carbonyl (C=O) groups is 1. The monoisotopic (exact) mass is 367 g/mol. The number of rotatable bonds is 6. The van der Waals surface area contributed by atoms with Crippen LogP contribution in [0, 0.1) is 13.8 Å². The molecule has 0 radical (unpaired) electrons. The van der Waals surface area contributed by atoms with Gasteiger partial charge in [0.15, 0.2) is 0 Å². The van der Waals surface area contributed by atoms with Crippen molar-refractivity contribution in [2.45, 2.75) is 26.8 Å². The summed E-state index contributed by atoms with van der Waals surface area (Å²) < 4.78 is 2.12. The zero-order valence-corrected chi connectivity index (χ0v) is 15.8. The van der Waals surface area contributed by atoms with Crippen molar-refractivity contribution in [1.29, 1.82) is 0 Å². The maximum absolute atomic E-state index is 12.6. The van der Waals surface area contributed by atoms with Crippen LogP contribution in [0.15, 0.2) is 54.7 Å². The lowest BCUT2D eigenvalue weighted by atomic mass is 10.1. The van der Waals surface area contributed by atoms with E-state index in [1.54, 1.807) is 6.20 Å². The van der Waals surface area contributed by atoms with Crippen molar-refractivity contribution in [3.63, 3.8) is 0 Å². The van der Waals surface area contributed by atoms with Crippen LogP contribution in [0.5, 0.6) is 0 Å². The number of carbonyl (C=O) groups excluding carboxylic acids is 1. The van der Waals surface area contributed by atoms with Crippen LogP contribution in [-0.4, -0.2) is 22.0 Å². The molecule has 3 rings (SSSR count). The summed E-state index contributed by atoms with van der Waals surface area (Å²) in [5.74, 6) is -0.0487. The third-order valence-electron chi connectivity index (χ3n) is 4.45. The van der Waals surface area contributed by atoms with E-state index in [4.69, 9.17) is 11.6 Å². The van der Waals surface area contributed by atoms with Gasteiger partial charge in [-0.15, -0.1) is 0 Å². The van der Waals surface area contributed by atoms with Gasteiger partial charge in [0.1, 0.15) is 0 Å². The zero-order valence-electron chi connectivity index (χ0n) is 15.0. The van der Waals surface area contributed by atoms with Crippen LogP contribution in [0.1, 0.15) is 33.0 Å². The lowest BCUT2D eigenvalue weighted by molar-refractivity contribution is 0.0953. The quantitative estimate of drug-likeness (QED) is 0.710. The number of hydrogen-bond donors (Lipinski definition) is 1. The number of aromatic nitrogens is 2. The zero-order chi connectivity index (χ0) is 18.5. The van der Waals surface area contributed by atoms with Crippen LogP contribution in [0.2, 0.25) is 5.02 Å². The second kappa shape index (κ2) is 8.19. The third kappa shape index (κ3) is 4.33. The molecule has 26 heavy (non-hydrogen) atoms. The molecule has 0 fully saturated rings. The van der Waals surface area contributed by atoms with Gasteiger partial charge in [-0.3, -0.25) is 9.78 Å². The van der Waals surface area contributed by atoms with E-state index in [2.05, 4.69) is 14.9 Å². The summed E-state index contributed by atoms with van der Waals surface area (Å²) in [7, 11) is 0. The Morgan fingerprint density at radius 2 is 2.00 bits per heavy atom. The minimum absolute atomic E-state index is 0.0487. The summed E-state index contributed by atoms with van der Waals surface area (Å²) in [6, 6.07) is 15.5. The molecule has 5 heteroatoms. The smallest absolute Gasteiger partial charge is 0.253 e. The van der Waals surface area contributed by atoms with Gasteiger partial charge in [-0.25, -0.2) is 0 Å². The molecule has 0 bridgehead atoms. The summed E-state index contributed by atoms with van der Waals surface area (Å²) in [5, 5.41) is 3.72. The maximum atomic E-state index is 12.6. The number of amides is 1.